The molecule has 1 aromatic carbocycles. The molecule has 0 atom stereocenters. The summed E-state index contributed by atoms with van der Waals surface area (Å²) in [6.07, 6.45) is 2.24. The van der Waals surface area contributed by atoms with Gasteiger partial charge in [-0.25, -0.2) is 4.68 Å². The highest BCUT2D eigenvalue weighted by Crippen LogP contribution is 2.36. The van der Waals surface area contributed by atoms with E-state index in [-0.39, 0.29) is 5.91 Å². The Kier molecular flexibility index (Phi) is 4.65. The first-order valence-electron chi connectivity index (χ1n) is 8.24. The highest BCUT2D eigenvalue weighted by atomic mass is 32.2. The molecule has 1 N–H and O–H groups in total. The maximum absolute atomic E-state index is 12.0. The normalized spacial score (nSPS) is 13.7. The Morgan fingerprint density at radius 3 is 2.85 bits per heavy atom. The van der Waals surface area contributed by atoms with E-state index >= 15 is 0 Å². The summed E-state index contributed by atoms with van der Waals surface area (Å²) in [6, 6.07) is 7.95. The van der Waals surface area contributed by atoms with Gasteiger partial charge in [0, 0.05) is 18.2 Å². The number of thioether (sulfide) groups is 1. The summed E-state index contributed by atoms with van der Waals surface area (Å²) in [5, 5.41) is 18.6. The van der Waals surface area contributed by atoms with Crippen LogP contribution in [0.2, 0.25) is 0 Å². The molecule has 0 radical (unpaired) electrons. The predicted octanol–water partition coefficient (Wildman–Crippen LogP) is 2.24. The summed E-state index contributed by atoms with van der Waals surface area (Å²) in [5.74, 6) is 2.65. The van der Waals surface area contributed by atoms with Gasteiger partial charge in [-0.3, -0.25) is 4.79 Å². The molecule has 1 aliphatic carbocycles. The van der Waals surface area contributed by atoms with Crippen LogP contribution in [0.4, 0.5) is 5.69 Å². The Bertz CT molecular complexity index is 901. The molecule has 0 unspecified atom stereocenters. The number of hydrogen-bond acceptors (Lipinski definition) is 8. The number of tetrazole rings is 1. The lowest BCUT2D eigenvalue weighted by molar-refractivity contribution is -0.113. The van der Waals surface area contributed by atoms with Gasteiger partial charge in [0.25, 0.3) is 0 Å². The second-order valence-electron chi connectivity index (χ2n) is 6.03. The van der Waals surface area contributed by atoms with E-state index in [2.05, 4.69) is 31.0 Å². The number of carbonyl (C=O) groups excluding carboxylic acids is 1. The summed E-state index contributed by atoms with van der Waals surface area (Å²) in [4.78, 5) is 16.1. The number of nitrogens with zero attached hydrogens (tertiary/aromatic N) is 6. The van der Waals surface area contributed by atoms with Gasteiger partial charge in [-0.2, -0.15) is 4.98 Å². The molecule has 2 aromatic heterocycles. The molecule has 10 heteroatoms. The number of rotatable bonds is 7. The molecule has 2 heterocycles. The number of benzene rings is 1. The molecule has 0 aliphatic heterocycles. The van der Waals surface area contributed by atoms with Crippen LogP contribution in [0.1, 0.15) is 30.6 Å². The molecule has 134 valence electrons. The minimum Gasteiger partial charge on any atom is -0.340 e. The third kappa shape index (κ3) is 3.90. The third-order valence-electron chi connectivity index (χ3n) is 3.85. The Morgan fingerprint density at radius 2 is 2.15 bits per heavy atom. The molecule has 1 saturated carbocycles. The first kappa shape index (κ1) is 16.7. The van der Waals surface area contributed by atoms with Gasteiger partial charge < -0.3 is 9.84 Å². The van der Waals surface area contributed by atoms with Crippen LogP contribution in [0.3, 0.4) is 0 Å². The van der Waals surface area contributed by atoms with Crippen molar-refractivity contribution in [2.45, 2.75) is 31.6 Å². The van der Waals surface area contributed by atoms with E-state index in [9.17, 15) is 4.79 Å². The van der Waals surface area contributed by atoms with Crippen molar-refractivity contribution in [1.82, 2.24) is 30.3 Å². The van der Waals surface area contributed by atoms with Crippen molar-refractivity contribution in [3.63, 3.8) is 0 Å². The highest BCUT2D eigenvalue weighted by molar-refractivity contribution is 7.99. The minimum atomic E-state index is -0.0780. The molecular formula is C16H17N7O2S. The van der Waals surface area contributed by atoms with E-state index in [1.54, 1.807) is 6.92 Å². The fourth-order valence-electron chi connectivity index (χ4n) is 2.48. The molecule has 0 bridgehead atoms. The molecule has 9 nitrogen and oxygen atoms in total. The molecule has 0 spiro atoms. The summed E-state index contributed by atoms with van der Waals surface area (Å²) < 4.78 is 6.76. The molecule has 1 aliphatic rings. The monoisotopic (exact) mass is 371 g/mol. The maximum Gasteiger partial charge on any atom is 0.234 e. The second kappa shape index (κ2) is 7.24. The van der Waals surface area contributed by atoms with E-state index in [1.807, 2.05) is 28.9 Å². The number of amides is 1. The predicted molar refractivity (Wildman–Crippen MR) is 95.4 cm³/mol. The maximum atomic E-state index is 12.0. The fourth-order valence-corrected chi connectivity index (χ4v) is 3.14. The topological polar surface area (TPSA) is 112 Å². The molecule has 1 amide bonds. The van der Waals surface area contributed by atoms with Gasteiger partial charge in [-0.1, -0.05) is 5.16 Å². The summed E-state index contributed by atoms with van der Waals surface area (Å²) >= 11 is 1.43. The Labute approximate surface area is 153 Å². The lowest BCUT2D eigenvalue weighted by atomic mass is 10.2. The average molecular weight is 371 g/mol. The number of aryl methyl sites for hydroxylation is 1. The highest BCUT2D eigenvalue weighted by Gasteiger charge is 2.28. The molecule has 0 saturated heterocycles. The quantitative estimate of drug-likeness (QED) is 0.673. The zero-order valence-electron chi connectivity index (χ0n) is 14.1. The van der Waals surface area contributed by atoms with Crippen LogP contribution < -0.4 is 5.32 Å². The van der Waals surface area contributed by atoms with Gasteiger partial charge in [-0.15, -0.1) is 16.9 Å². The van der Waals surface area contributed by atoms with E-state index in [0.29, 0.717) is 29.3 Å². The van der Waals surface area contributed by atoms with Crippen molar-refractivity contribution >= 4 is 23.4 Å². The first-order chi connectivity index (χ1) is 12.7. The van der Waals surface area contributed by atoms with Crippen molar-refractivity contribution < 1.29 is 9.32 Å². The lowest BCUT2D eigenvalue weighted by Gasteiger charge is -2.06. The van der Waals surface area contributed by atoms with E-state index in [4.69, 9.17) is 4.52 Å². The zero-order chi connectivity index (χ0) is 17.9. The number of hydrogen-bond donors (Lipinski definition) is 1. The lowest BCUT2D eigenvalue weighted by Crippen LogP contribution is -2.14. The van der Waals surface area contributed by atoms with Crippen LogP contribution in [0, 0.1) is 6.92 Å². The SMILES string of the molecule is Cc1nc(CSCC(=O)Nc2ccc(-c3nnnn3C3CC3)cc2)no1. The van der Waals surface area contributed by atoms with Crippen LogP contribution in [-0.2, 0) is 10.5 Å². The van der Waals surface area contributed by atoms with E-state index in [0.717, 1.165) is 29.9 Å². The number of anilines is 1. The van der Waals surface area contributed by atoms with E-state index in [1.165, 1.54) is 11.8 Å². The van der Waals surface area contributed by atoms with Gasteiger partial charge >= 0.3 is 0 Å². The minimum absolute atomic E-state index is 0.0780. The third-order valence-corrected chi connectivity index (χ3v) is 4.78. The standard InChI is InChI=1S/C16H17N7O2S/c1-10-17-14(20-25-10)8-26-9-15(24)18-12-4-2-11(3-5-12)16-19-21-22-23(16)13-6-7-13/h2-5,13H,6-9H2,1H3,(H,18,24). The smallest absolute Gasteiger partial charge is 0.234 e. The van der Waals surface area contributed by atoms with Crippen LogP contribution in [-0.4, -0.2) is 42.0 Å². The first-order valence-corrected chi connectivity index (χ1v) is 9.39. The zero-order valence-corrected chi connectivity index (χ0v) is 14.9. The van der Waals surface area contributed by atoms with Crippen molar-refractivity contribution in [3.8, 4) is 11.4 Å². The van der Waals surface area contributed by atoms with Crippen molar-refractivity contribution in [2.75, 3.05) is 11.1 Å². The van der Waals surface area contributed by atoms with Crippen LogP contribution >= 0.6 is 11.8 Å². The van der Waals surface area contributed by atoms with Gasteiger partial charge in [0.1, 0.15) is 0 Å². The summed E-state index contributed by atoms with van der Waals surface area (Å²) in [6.45, 7) is 1.74. The molecule has 1 fully saturated rings. The molecular weight excluding hydrogens is 354 g/mol. The number of nitrogens with one attached hydrogen (secondary N) is 1. The Hall–Kier alpha value is -2.75. The molecule has 26 heavy (non-hydrogen) atoms. The van der Waals surface area contributed by atoms with Gasteiger partial charge in [-0.05, 0) is 47.5 Å². The van der Waals surface area contributed by atoms with Gasteiger partial charge in [0.05, 0.1) is 17.5 Å². The summed E-state index contributed by atoms with van der Waals surface area (Å²) in [7, 11) is 0. The van der Waals surface area contributed by atoms with Gasteiger partial charge in [0.2, 0.25) is 11.8 Å². The molecule has 3 aromatic rings. The Morgan fingerprint density at radius 1 is 1.35 bits per heavy atom. The van der Waals surface area contributed by atoms with Crippen LogP contribution in [0.5, 0.6) is 0 Å². The second-order valence-corrected chi connectivity index (χ2v) is 7.01. The Balaban J connectivity index is 1.30. The van der Waals surface area contributed by atoms with E-state index < -0.39 is 0 Å². The van der Waals surface area contributed by atoms with Crippen molar-refractivity contribution in [1.29, 1.82) is 0 Å². The number of aromatic nitrogens is 6. The summed E-state index contributed by atoms with van der Waals surface area (Å²) in [5.41, 5.74) is 1.67. The van der Waals surface area contributed by atoms with Crippen LogP contribution in [0.15, 0.2) is 28.8 Å². The van der Waals surface area contributed by atoms with Crippen LogP contribution in [0.25, 0.3) is 11.4 Å². The number of carbonyl (C=O) groups is 1. The van der Waals surface area contributed by atoms with Gasteiger partial charge in [0.15, 0.2) is 11.6 Å². The molecule has 4 rings (SSSR count). The average Bonchev–Trinajstić information content (AvgIpc) is 3.21. The van der Waals surface area contributed by atoms with Crippen molar-refractivity contribution in [2.24, 2.45) is 0 Å². The van der Waals surface area contributed by atoms with Crippen molar-refractivity contribution in [3.05, 3.63) is 36.0 Å². The fraction of sp³-hybridized carbons (Fsp3) is 0.375. The largest absolute Gasteiger partial charge is 0.340 e.